The summed E-state index contributed by atoms with van der Waals surface area (Å²) in [5, 5.41) is 14.6. The number of hydrogen-bond donors (Lipinski definition) is 0. The van der Waals surface area contributed by atoms with Crippen molar-refractivity contribution in [2.24, 2.45) is 0 Å². The molecule has 2 heterocycles. The molecule has 0 spiro atoms. The van der Waals surface area contributed by atoms with Crippen LogP contribution in [0.15, 0.2) is 55.0 Å². The summed E-state index contributed by atoms with van der Waals surface area (Å²) in [4.78, 5) is 18.8. The summed E-state index contributed by atoms with van der Waals surface area (Å²) in [5.41, 5.74) is 1.03. The van der Waals surface area contributed by atoms with Gasteiger partial charge in [-0.25, -0.2) is 14.6 Å². The van der Waals surface area contributed by atoms with Crippen LogP contribution in [-0.2, 0) is 6.42 Å². The minimum atomic E-state index is -0.491. The lowest BCUT2D eigenvalue weighted by Crippen LogP contribution is -2.03. The Labute approximate surface area is 120 Å². The maximum atomic E-state index is 10.7. The summed E-state index contributed by atoms with van der Waals surface area (Å²) in [7, 11) is 0. The Balaban J connectivity index is 1.87. The van der Waals surface area contributed by atoms with Gasteiger partial charge in [-0.15, -0.1) is 0 Å². The third kappa shape index (κ3) is 2.92. The second kappa shape index (κ2) is 5.49. The third-order valence-electron chi connectivity index (χ3n) is 2.91. The zero-order valence-corrected chi connectivity index (χ0v) is 11.0. The molecule has 0 saturated heterocycles. The molecule has 3 aromatic rings. The lowest BCUT2D eigenvalue weighted by atomic mass is 10.1. The average Bonchev–Trinajstić information content (AvgIpc) is 2.99. The van der Waals surface area contributed by atoms with E-state index in [1.54, 1.807) is 12.3 Å². The summed E-state index contributed by atoms with van der Waals surface area (Å²) in [6, 6.07) is 11.5. The Morgan fingerprint density at radius 1 is 1.19 bits per heavy atom. The molecule has 0 N–H and O–H groups in total. The van der Waals surface area contributed by atoms with E-state index in [-0.39, 0.29) is 5.69 Å². The van der Waals surface area contributed by atoms with Gasteiger partial charge in [0.1, 0.15) is 18.2 Å². The molecule has 1 aromatic carbocycles. The van der Waals surface area contributed by atoms with Gasteiger partial charge >= 0.3 is 5.69 Å². The number of aromatic nitrogens is 4. The van der Waals surface area contributed by atoms with Crippen molar-refractivity contribution < 1.29 is 4.92 Å². The number of nitrogens with zero attached hydrogens (tertiary/aromatic N) is 5. The smallest absolute Gasteiger partial charge is 0.258 e. The van der Waals surface area contributed by atoms with Crippen molar-refractivity contribution in [2.75, 3.05) is 0 Å². The van der Waals surface area contributed by atoms with E-state index in [2.05, 4.69) is 15.1 Å². The topological polar surface area (TPSA) is 86.7 Å². The fraction of sp³-hybridized carbons (Fsp3) is 0.0714. The van der Waals surface area contributed by atoms with E-state index in [0.717, 1.165) is 5.56 Å². The second-order valence-corrected chi connectivity index (χ2v) is 4.39. The van der Waals surface area contributed by atoms with Gasteiger partial charge in [0.25, 0.3) is 0 Å². The standard InChI is InChI=1S/C14H11N5O2/c20-19(21)12-9-16-18(10-12)14-6-7-15-13(17-14)8-11-4-2-1-3-5-11/h1-7,9-10H,8H2. The molecule has 2 aromatic heterocycles. The fourth-order valence-corrected chi connectivity index (χ4v) is 1.91. The molecule has 7 nitrogen and oxygen atoms in total. The summed E-state index contributed by atoms with van der Waals surface area (Å²) in [6.45, 7) is 0. The van der Waals surface area contributed by atoms with Crippen LogP contribution in [0.25, 0.3) is 5.82 Å². The lowest BCUT2D eigenvalue weighted by Gasteiger charge is -2.03. The molecule has 0 radical (unpaired) electrons. The Bertz CT molecular complexity index is 770. The van der Waals surface area contributed by atoms with E-state index in [1.807, 2.05) is 30.3 Å². The van der Waals surface area contributed by atoms with Crippen LogP contribution in [0.2, 0.25) is 0 Å². The van der Waals surface area contributed by atoms with Crippen LogP contribution in [0.4, 0.5) is 5.69 Å². The molecule has 3 rings (SSSR count). The molecular formula is C14H11N5O2. The van der Waals surface area contributed by atoms with Gasteiger partial charge in [0.05, 0.1) is 4.92 Å². The molecule has 7 heteroatoms. The zero-order valence-electron chi connectivity index (χ0n) is 11.0. The number of rotatable bonds is 4. The van der Waals surface area contributed by atoms with Gasteiger partial charge < -0.3 is 0 Å². The highest BCUT2D eigenvalue weighted by atomic mass is 16.6. The molecule has 0 atom stereocenters. The quantitative estimate of drug-likeness (QED) is 0.540. The van der Waals surface area contributed by atoms with Gasteiger partial charge in [0.15, 0.2) is 5.82 Å². The van der Waals surface area contributed by atoms with E-state index >= 15 is 0 Å². The minimum absolute atomic E-state index is 0.0711. The van der Waals surface area contributed by atoms with Crippen LogP contribution < -0.4 is 0 Å². The van der Waals surface area contributed by atoms with Crippen molar-refractivity contribution in [1.29, 1.82) is 0 Å². The Hall–Kier alpha value is -3.09. The monoisotopic (exact) mass is 281 g/mol. The summed E-state index contributed by atoms with van der Waals surface area (Å²) < 4.78 is 1.37. The molecule has 0 amide bonds. The molecule has 104 valence electrons. The fourth-order valence-electron chi connectivity index (χ4n) is 1.91. The van der Waals surface area contributed by atoms with Gasteiger partial charge in [0.2, 0.25) is 0 Å². The van der Waals surface area contributed by atoms with Crippen molar-refractivity contribution in [1.82, 2.24) is 19.7 Å². The van der Waals surface area contributed by atoms with Crippen molar-refractivity contribution in [3.8, 4) is 5.82 Å². The van der Waals surface area contributed by atoms with Crippen molar-refractivity contribution in [3.05, 3.63) is 76.5 Å². The normalized spacial score (nSPS) is 10.5. The largest absolute Gasteiger partial charge is 0.307 e. The van der Waals surface area contributed by atoms with Crippen LogP contribution in [0.3, 0.4) is 0 Å². The molecule has 0 aliphatic heterocycles. The Kier molecular flexibility index (Phi) is 3.38. The summed E-state index contributed by atoms with van der Waals surface area (Å²) in [5.74, 6) is 1.14. The van der Waals surface area contributed by atoms with E-state index < -0.39 is 4.92 Å². The molecule has 0 saturated carbocycles. The van der Waals surface area contributed by atoms with E-state index in [9.17, 15) is 10.1 Å². The maximum absolute atomic E-state index is 10.7. The highest BCUT2D eigenvalue weighted by molar-refractivity contribution is 5.29. The first-order valence-corrected chi connectivity index (χ1v) is 6.27. The van der Waals surface area contributed by atoms with Crippen molar-refractivity contribution in [2.45, 2.75) is 6.42 Å². The first kappa shape index (κ1) is 12.9. The van der Waals surface area contributed by atoms with Gasteiger partial charge in [-0.1, -0.05) is 30.3 Å². The predicted molar refractivity (Wildman–Crippen MR) is 75.1 cm³/mol. The number of hydrogen-bond acceptors (Lipinski definition) is 5. The average molecular weight is 281 g/mol. The Morgan fingerprint density at radius 3 is 2.71 bits per heavy atom. The van der Waals surface area contributed by atoms with Crippen LogP contribution in [0, 0.1) is 10.1 Å². The Morgan fingerprint density at radius 2 is 2.00 bits per heavy atom. The highest BCUT2D eigenvalue weighted by Crippen LogP contribution is 2.12. The maximum Gasteiger partial charge on any atom is 0.307 e. The van der Waals surface area contributed by atoms with Gasteiger partial charge in [0, 0.05) is 18.7 Å². The van der Waals surface area contributed by atoms with Crippen LogP contribution >= 0.6 is 0 Å². The van der Waals surface area contributed by atoms with E-state index in [1.165, 1.54) is 17.1 Å². The van der Waals surface area contributed by atoms with Crippen molar-refractivity contribution in [3.63, 3.8) is 0 Å². The molecule has 0 aliphatic carbocycles. The highest BCUT2D eigenvalue weighted by Gasteiger charge is 2.11. The molecular weight excluding hydrogens is 270 g/mol. The van der Waals surface area contributed by atoms with E-state index in [0.29, 0.717) is 18.1 Å². The van der Waals surface area contributed by atoms with Crippen LogP contribution in [0.1, 0.15) is 11.4 Å². The first-order valence-electron chi connectivity index (χ1n) is 6.27. The molecule has 0 bridgehead atoms. The second-order valence-electron chi connectivity index (χ2n) is 4.39. The van der Waals surface area contributed by atoms with E-state index in [4.69, 9.17) is 0 Å². The SMILES string of the molecule is O=[N+]([O-])c1cnn(-c2ccnc(Cc3ccccc3)n2)c1. The first-order chi connectivity index (χ1) is 10.2. The van der Waals surface area contributed by atoms with Crippen LogP contribution in [0.5, 0.6) is 0 Å². The molecule has 0 aliphatic rings. The third-order valence-corrected chi connectivity index (χ3v) is 2.91. The number of benzene rings is 1. The zero-order chi connectivity index (χ0) is 14.7. The molecule has 0 fully saturated rings. The molecule has 21 heavy (non-hydrogen) atoms. The van der Waals surface area contributed by atoms with Gasteiger partial charge in [-0.05, 0) is 5.56 Å². The van der Waals surface area contributed by atoms with Crippen molar-refractivity contribution >= 4 is 5.69 Å². The van der Waals surface area contributed by atoms with Gasteiger partial charge in [-0.2, -0.15) is 5.10 Å². The summed E-state index contributed by atoms with van der Waals surface area (Å²) in [6.07, 6.45) is 4.74. The predicted octanol–water partition coefficient (Wildman–Crippen LogP) is 2.16. The number of nitro groups is 1. The lowest BCUT2D eigenvalue weighted by molar-refractivity contribution is -0.384. The van der Waals surface area contributed by atoms with Crippen LogP contribution in [-0.4, -0.2) is 24.7 Å². The summed E-state index contributed by atoms with van der Waals surface area (Å²) >= 11 is 0. The molecule has 0 unspecified atom stereocenters. The van der Waals surface area contributed by atoms with Gasteiger partial charge in [-0.3, -0.25) is 10.1 Å². The minimum Gasteiger partial charge on any atom is -0.258 e.